The highest BCUT2D eigenvalue weighted by atomic mass is 19.1. The van der Waals surface area contributed by atoms with Gasteiger partial charge in [-0.25, -0.2) is 14.4 Å². The van der Waals surface area contributed by atoms with Crippen molar-refractivity contribution in [3.8, 4) is 17.0 Å². The zero-order chi connectivity index (χ0) is 32.4. The van der Waals surface area contributed by atoms with E-state index in [1.807, 2.05) is 6.07 Å². The molecule has 2 N–H and O–H groups in total. The van der Waals surface area contributed by atoms with Crippen molar-refractivity contribution in [1.82, 2.24) is 29.3 Å². The minimum Gasteiger partial charge on any atom is -0.496 e. The molecule has 0 bridgehead atoms. The summed E-state index contributed by atoms with van der Waals surface area (Å²) in [6.45, 7) is 7.66. The number of aliphatic hydroxyl groups is 1. The molecule has 1 saturated heterocycles. The Balaban J connectivity index is 1.32. The maximum Gasteiger partial charge on any atom is 0.261 e. The summed E-state index contributed by atoms with van der Waals surface area (Å²) in [7, 11) is 5.70. The molecule has 46 heavy (non-hydrogen) atoms. The lowest BCUT2D eigenvalue weighted by atomic mass is 9.93. The minimum absolute atomic E-state index is 0.00340. The maximum atomic E-state index is 16.0. The highest BCUT2D eigenvalue weighted by Crippen LogP contribution is 2.37. The first-order chi connectivity index (χ1) is 22.2. The molecule has 1 aliphatic carbocycles. The number of carbonyl (C=O) groups is 1. The molecule has 4 heterocycles. The number of aliphatic hydroxyl groups excluding tert-OH is 1. The van der Waals surface area contributed by atoms with E-state index in [0.717, 1.165) is 68.8 Å². The molecule has 0 radical (unpaired) electrons. The summed E-state index contributed by atoms with van der Waals surface area (Å²) in [5.41, 5.74) is 3.47. The number of carbonyl (C=O) groups excluding carboxylic acids is 1. The van der Waals surface area contributed by atoms with Gasteiger partial charge in [-0.1, -0.05) is 0 Å². The number of nitrogens with one attached hydrogen (secondary N) is 1. The van der Waals surface area contributed by atoms with Gasteiger partial charge in [0.25, 0.3) is 5.91 Å². The molecule has 12 heteroatoms. The zero-order valence-electron chi connectivity index (χ0n) is 27.0. The summed E-state index contributed by atoms with van der Waals surface area (Å²) in [4.78, 5) is 34.2. The lowest BCUT2D eigenvalue weighted by Gasteiger charge is -2.36. The van der Waals surface area contributed by atoms with Crippen molar-refractivity contribution in [2.24, 2.45) is 0 Å². The van der Waals surface area contributed by atoms with Crippen LogP contribution in [0.4, 0.5) is 16.0 Å². The van der Waals surface area contributed by atoms with Crippen LogP contribution in [-0.2, 0) is 0 Å². The van der Waals surface area contributed by atoms with E-state index in [-0.39, 0.29) is 23.4 Å². The van der Waals surface area contributed by atoms with E-state index in [0.29, 0.717) is 35.8 Å². The Labute approximate surface area is 269 Å². The summed E-state index contributed by atoms with van der Waals surface area (Å²) in [6.07, 6.45) is 5.53. The number of hydrogen-bond donors (Lipinski definition) is 2. The molecule has 2 fully saturated rings. The third-order valence-electron chi connectivity index (χ3n) is 9.12. The summed E-state index contributed by atoms with van der Waals surface area (Å²) in [5, 5.41) is 13.2. The van der Waals surface area contributed by atoms with E-state index < -0.39 is 11.7 Å². The second-order valence-electron chi connectivity index (χ2n) is 12.6. The number of rotatable bonds is 9. The van der Waals surface area contributed by atoms with E-state index in [4.69, 9.17) is 9.72 Å². The van der Waals surface area contributed by atoms with Gasteiger partial charge in [0.05, 0.1) is 35.4 Å². The van der Waals surface area contributed by atoms with Gasteiger partial charge in [-0.15, -0.1) is 0 Å². The van der Waals surface area contributed by atoms with Gasteiger partial charge in [0.2, 0.25) is 5.95 Å². The predicted molar refractivity (Wildman–Crippen MR) is 177 cm³/mol. The Morgan fingerprint density at radius 3 is 2.57 bits per heavy atom. The number of hydrogen-bond acceptors (Lipinski definition) is 9. The second-order valence-corrected chi connectivity index (χ2v) is 12.6. The van der Waals surface area contributed by atoms with Crippen LogP contribution in [0, 0.1) is 12.7 Å². The van der Waals surface area contributed by atoms with Gasteiger partial charge in [-0.2, -0.15) is 0 Å². The van der Waals surface area contributed by atoms with Crippen molar-refractivity contribution < 1.29 is 19.0 Å². The van der Waals surface area contributed by atoms with Crippen LogP contribution in [-0.4, -0.2) is 107 Å². The molecular formula is C34H43FN8O3. The third kappa shape index (κ3) is 6.69. The highest BCUT2D eigenvalue weighted by Gasteiger charge is 2.28. The molecule has 1 aliphatic heterocycles. The first-order valence-corrected chi connectivity index (χ1v) is 16.0. The summed E-state index contributed by atoms with van der Waals surface area (Å²) < 4.78 is 23.5. The molecule has 11 nitrogen and oxygen atoms in total. The number of ether oxygens (including phenoxy) is 1. The van der Waals surface area contributed by atoms with Crippen molar-refractivity contribution >= 4 is 28.6 Å². The molecule has 2 aliphatic rings. The molecule has 1 amide bonds. The summed E-state index contributed by atoms with van der Waals surface area (Å²) >= 11 is 0. The number of aryl methyl sites for hydroxylation is 1. The van der Waals surface area contributed by atoms with E-state index in [1.54, 1.807) is 19.2 Å². The Bertz CT molecular complexity index is 1690. The number of methoxy groups -OCH3 is 1. The van der Waals surface area contributed by atoms with Crippen LogP contribution in [0.25, 0.3) is 22.3 Å². The number of nitrogens with zero attached hydrogens (tertiary/aromatic N) is 7. The standard InChI is InChI=1S/C34H43FN8O3/c1-22-19-26(31(35)32(37-22)27-21-36-12-11-30(27)46-4)33(45)39-34-38-28-10-7-24(42-17-15-41(16-18-42)14-13-40(2)3)20-29(28)43(34)23-5-8-25(44)9-6-23/h7,10-12,19-21,23,25,44H,5-6,8-9,13-18H2,1-4H3,(H,38,39,45). The summed E-state index contributed by atoms with van der Waals surface area (Å²) in [5.74, 6) is -0.606. The Kier molecular flexibility index (Phi) is 9.48. The smallest absolute Gasteiger partial charge is 0.261 e. The average molecular weight is 631 g/mol. The van der Waals surface area contributed by atoms with Crippen LogP contribution in [0.3, 0.4) is 0 Å². The third-order valence-corrected chi connectivity index (χ3v) is 9.12. The average Bonchev–Trinajstić information content (AvgIpc) is 3.42. The molecule has 0 unspecified atom stereocenters. The van der Waals surface area contributed by atoms with E-state index in [2.05, 4.69) is 60.8 Å². The van der Waals surface area contributed by atoms with Crippen molar-refractivity contribution in [3.05, 3.63) is 59.8 Å². The van der Waals surface area contributed by atoms with Gasteiger partial charge in [0.15, 0.2) is 5.82 Å². The number of halogens is 1. The number of benzene rings is 1. The topological polar surface area (TPSA) is 112 Å². The number of imidazole rings is 1. The Morgan fingerprint density at radius 2 is 1.85 bits per heavy atom. The number of anilines is 2. The zero-order valence-corrected chi connectivity index (χ0v) is 27.0. The molecule has 0 spiro atoms. The molecule has 1 saturated carbocycles. The first kappa shape index (κ1) is 31.8. The van der Waals surface area contributed by atoms with Crippen LogP contribution in [0.1, 0.15) is 47.8 Å². The van der Waals surface area contributed by atoms with Gasteiger partial charge < -0.3 is 24.2 Å². The van der Waals surface area contributed by atoms with Gasteiger partial charge in [-0.3, -0.25) is 20.0 Å². The normalized spacial score (nSPS) is 19.2. The first-order valence-electron chi connectivity index (χ1n) is 16.0. The lowest BCUT2D eigenvalue weighted by Crippen LogP contribution is -2.48. The fourth-order valence-electron chi connectivity index (χ4n) is 6.53. The monoisotopic (exact) mass is 630 g/mol. The molecule has 6 rings (SSSR count). The Hall–Kier alpha value is -4.13. The van der Waals surface area contributed by atoms with Crippen molar-refractivity contribution in [2.75, 3.05) is 70.7 Å². The van der Waals surface area contributed by atoms with Crippen molar-refractivity contribution in [1.29, 1.82) is 0 Å². The number of likely N-dealkylation sites (N-methyl/N-ethyl adjacent to an activating group) is 1. The molecule has 244 valence electrons. The number of pyridine rings is 2. The van der Waals surface area contributed by atoms with Crippen molar-refractivity contribution in [2.45, 2.75) is 44.8 Å². The minimum atomic E-state index is -0.759. The predicted octanol–water partition coefficient (Wildman–Crippen LogP) is 4.36. The second kappa shape index (κ2) is 13.7. The molecule has 0 atom stereocenters. The van der Waals surface area contributed by atoms with Gasteiger partial charge >= 0.3 is 0 Å². The van der Waals surface area contributed by atoms with Crippen LogP contribution in [0.5, 0.6) is 5.75 Å². The largest absolute Gasteiger partial charge is 0.496 e. The molecule has 1 aromatic carbocycles. The maximum absolute atomic E-state index is 16.0. The van der Waals surface area contributed by atoms with Crippen LogP contribution in [0.2, 0.25) is 0 Å². The van der Waals surface area contributed by atoms with E-state index in [9.17, 15) is 9.90 Å². The van der Waals surface area contributed by atoms with Crippen LogP contribution >= 0.6 is 0 Å². The van der Waals surface area contributed by atoms with Gasteiger partial charge in [-0.05, 0) is 77.0 Å². The highest BCUT2D eigenvalue weighted by molar-refractivity contribution is 6.05. The number of aromatic nitrogens is 4. The van der Waals surface area contributed by atoms with Gasteiger partial charge in [0.1, 0.15) is 11.4 Å². The number of piperazine rings is 1. The SMILES string of the molecule is COc1ccncc1-c1nc(C)cc(C(=O)Nc2nc3ccc(N4CCN(CCN(C)C)CC4)cc3n2C2CCC(O)CC2)c1F. The lowest BCUT2D eigenvalue weighted by molar-refractivity contribution is 0.101. The molecule has 4 aromatic rings. The van der Waals surface area contributed by atoms with E-state index >= 15 is 4.39 Å². The quantitative estimate of drug-likeness (QED) is 0.279. The molecule has 3 aromatic heterocycles. The fraction of sp³-hybridized carbons (Fsp3) is 0.471. The summed E-state index contributed by atoms with van der Waals surface area (Å²) in [6, 6.07) is 9.34. The fourth-order valence-corrected chi connectivity index (χ4v) is 6.53. The van der Waals surface area contributed by atoms with Crippen LogP contribution < -0.4 is 15.0 Å². The Morgan fingerprint density at radius 1 is 1.09 bits per heavy atom. The van der Waals surface area contributed by atoms with E-state index in [1.165, 1.54) is 19.4 Å². The van der Waals surface area contributed by atoms with Crippen molar-refractivity contribution in [3.63, 3.8) is 0 Å². The molecular weight excluding hydrogens is 587 g/mol. The van der Waals surface area contributed by atoms with Gasteiger partial charge in [0, 0.05) is 69.1 Å². The number of fused-ring (bicyclic) bond motifs is 1. The number of amides is 1. The van der Waals surface area contributed by atoms with Crippen LogP contribution in [0.15, 0.2) is 42.7 Å².